The molecule has 0 aromatic heterocycles. The number of nitrogens with one attached hydrogen (secondary N) is 1. The molecule has 0 saturated carbocycles. The van der Waals surface area contributed by atoms with Gasteiger partial charge in [0, 0.05) is 31.1 Å². The van der Waals surface area contributed by atoms with Crippen LogP contribution < -0.4 is 19.1 Å². The van der Waals surface area contributed by atoms with E-state index in [0.29, 0.717) is 22.1 Å². The van der Waals surface area contributed by atoms with Crippen molar-refractivity contribution in [3.63, 3.8) is 0 Å². The summed E-state index contributed by atoms with van der Waals surface area (Å²) in [7, 11) is 0.481. The molecule has 0 radical (unpaired) electrons. The fourth-order valence-corrected chi connectivity index (χ4v) is 5.20. The third-order valence-corrected chi connectivity index (χ3v) is 7.47. The number of ether oxygens (including phenoxy) is 2. The van der Waals surface area contributed by atoms with Gasteiger partial charge in [-0.3, -0.25) is 13.9 Å². The molecule has 2 amide bonds. The Morgan fingerprint density at radius 3 is 2.18 bits per heavy atom. The monoisotopic (exact) mass is 573 g/mol. The lowest BCUT2D eigenvalue weighted by Gasteiger charge is -2.33. The van der Waals surface area contributed by atoms with Crippen LogP contribution in [0, 0.1) is 0 Å². The average Bonchev–Trinajstić information content (AvgIpc) is 2.92. The Balaban J connectivity index is 2.05. The number of rotatable bonds is 12. The second-order valence-corrected chi connectivity index (χ2v) is 11.1. The first kappa shape index (κ1) is 29.8. The van der Waals surface area contributed by atoms with Gasteiger partial charge in [0.2, 0.25) is 21.8 Å². The Kier molecular flexibility index (Phi) is 10.2. The van der Waals surface area contributed by atoms with Crippen molar-refractivity contribution < 1.29 is 27.5 Å². The van der Waals surface area contributed by atoms with Crippen molar-refractivity contribution in [1.29, 1.82) is 0 Å². The third kappa shape index (κ3) is 7.87. The molecule has 1 atom stereocenters. The molecule has 11 heteroatoms. The normalized spacial score (nSPS) is 11.8. The van der Waals surface area contributed by atoms with Crippen LogP contribution in [0.4, 0.5) is 5.69 Å². The highest BCUT2D eigenvalue weighted by molar-refractivity contribution is 7.92. The van der Waals surface area contributed by atoms with Gasteiger partial charge in [0.25, 0.3) is 0 Å². The topological polar surface area (TPSA) is 105 Å². The molecule has 0 aliphatic rings. The standard InChI is InChI=1S/C28H32ClN3O6S/c1-30-28(34)24(16-20-9-6-5-7-10-20)31(18-21-11-8-12-22(29)15-21)27(33)19-32(39(4,35)36)23-13-14-25(37-2)26(17-23)38-3/h5-15,17,24H,16,18-19H2,1-4H3,(H,30,34). The Hall–Kier alpha value is -3.76. The Morgan fingerprint density at radius 2 is 1.59 bits per heavy atom. The zero-order valence-electron chi connectivity index (χ0n) is 22.3. The highest BCUT2D eigenvalue weighted by Crippen LogP contribution is 2.32. The number of sulfonamides is 1. The van der Waals surface area contributed by atoms with Gasteiger partial charge in [0.05, 0.1) is 26.2 Å². The van der Waals surface area contributed by atoms with Gasteiger partial charge in [-0.15, -0.1) is 0 Å². The summed E-state index contributed by atoms with van der Waals surface area (Å²) in [6.07, 6.45) is 1.24. The molecule has 1 unspecified atom stereocenters. The van der Waals surface area contributed by atoms with E-state index in [1.54, 1.807) is 30.3 Å². The molecule has 0 saturated heterocycles. The first-order chi connectivity index (χ1) is 18.6. The highest BCUT2D eigenvalue weighted by Gasteiger charge is 2.33. The molecule has 0 bridgehead atoms. The Bertz CT molecular complexity index is 1400. The fourth-order valence-electron chi connectivity index (χ4n) is 4.15. The summed E-state index contributed by atoms with van der Waals surface area (Å²) >= 11 is 6.19. The lowest BCUT2D eigenvalue weighted by molar-refractivity contribution is -0.139. The van der Waals surface area contributed by atoms with Gasteiger partial charge in [-0.2, -0.15) is 0 Å². The molecule has 39 heavy (non-hydrogen) atoms. The first-order valence-electron chi connectivity index (χ1n) is 12.1. The number of likely N-dealkylation sites (N-methyl/N-ethyl adjacent to an activating group) is 1. The lowest BCUT2D eigenvalue weighted by atomic mass is 10.0. The van der Waals surface area contributed by atoms with Crippen molar-refractivity contribution in [3.8, 4) is 11.5 Å². The van der Waals surface area contributed by atoms with Gasteiger partial charge in [-0.25, -0.2) is 8.42 Å². The molecular formula is C28H32ClN3O6S. The van der Waals surface area contributed by atoms with Crippen molar-refractivity contribution in [2.24, 2.45) is 0 Å². The van der Waals surface area contributed by atoms with Crippen molar-refractivity contribution in [2.75, 3.05) is 38.4 Å². The van der Waals surface area contributed by atoms with Crippen molar-refractivity contribution in [3.05, 3.63) is 88.9 Å². The molecule has 0 heterocycles. The summed E-state index contributed by atoms with van der Waals surface area (Å²) in [5, 5.41) is 3.11. The van der Waals surface area contributed by atoms with Crippen LogP contribution in [0.2, 0.25) is 5.02 Å². The van der Waals surface area contributed by atoms with Crippen LogP contribution in [0.15, 0.2) is 72.8 Å². The summed E-state index contributed by atoms with van der Waals surface area (Å²) in [5.74, 6) is -0.240. The summed E-state index contributed by atoms with van der Waals surface area (Å²) in [5.41, 5.74) is 1.75. The van der Waals surface area contributed by atoms with Crippen molar-refractivity contribution in [1.82, 2.24) is 10.2 Å². The minimum atomic E-state index is -3.91. The maximum Gasteiger partial charge on any atom is 0.244 e. The minimum Gasteiger partial charge on any atom is -0.493 e. The van der Waals surface area contributed by atoms with Gasteiger partial charge < -0.3 is 19.7 Å². The minimum absolute atomic E-state index is 0.0356. The van der Waals surface area contributed by atoms with Gasteiger partial charge in [0.15, 0.2) is 11.5 Å². The molecule has 3 aromatic carbocycles. The number of benzene rings is 3. The molecular weight excluding hydrogens is 542 g/mol. The van der Waals surface area contributed by atoms with Crippen LogP contribution in [-0.2, 0) is 32.6 Å². The molecule has 208 valence electrons. The molecule has 0 spiro atoms. The van der Waals surface area contributed by atoms with E-state index in [9.17, 15) is 18.0 Å². The number of anilines is 1. The van der Waals surface area contributed by atoms with Crippen LogP contribution in [0.1, 0.15) is 11.1 Å². The molecule has 1 N–H and O–H groups in total. The largest absolute Gasteiger partial charge is 0.493 e. The molecule has 0 aliphatic heterocycles. The fraction of sp³-hybridized carbons (Fsp3) is 0.286. The van der Waals surface area contributed by atoms with E-state index in [1.807, 2.05) is 30.3 Å². The smallest absolute Gasteiger partial charge is 0.244 e. The predicted octanol–water partition coefficient (Wildman–Crippen LogP) is 3.51. The number of methoxy groups -OCH3 is 2. The van der Waals surface area contributed by atoms with E-state index in [1.165, 1.54) is 38.3 Å². The molecule has 0 aliphatic carbocycles. The molecule has 3 rings (SSSR count). The van der Waals surface area contributed by atoms with Crippen LogP contribution >= 0.6 is 11.6 Å². The van der Waals surface area contributed by atoms with Crippen LogP contribution in [0.25, 0.3) is 0 Å². The number of carbonyl (C=O) groups is 2. The number of hydrogen-bond donors (Lipinski definition) is 1. The van der Waals surface area contributed by atoms with E-state index >= 15 is 0 Å². The summed E-state index contributed by atoms with van der Waals surface area (Å²) < 4.78 is 37.3. The van der Waals surface area contributed by atoms with Gasteiger partial charge >= 0.3 is 0 Å². The maximum absolute atomic E-state index is 13.9. The zero-order chi connectivity index (χ0) is 28.6. The molecule has 9 nitrogen and oxygen atoms in total. The SMILES string of the molecule is CNC(=O)C(Cc1ccccc1)N(Cc1cccc(Cl)c1)C(=O)CN(c1ccc(OC)c(OC)c1)S(C)(=O)=O. The Labute approximate surface area is 234 Å². The van der Waals surface area contributed by atoms with Crippen LogP contribution in [0.5, 0.6) is 11.5 Å². The first-order valence-corrected chi connectivity index (χ1v) is 14.3. The van der Waals surface area contributed by atoms with Gasteiger partial charge in [0.1, 0.15) is 12.6 Å². The lowest BCUT2D eigenvalue weighted by Crippen LogP contribution is -2.52. The van der Waals surface area contributed by atoms with Crippen LogP contribution in [-0.4, -0.2) is 65.2 Å². The maximum atomic E-state index is 13.9. The second-order valence-electron chi connectivity index (χ2n) is 8.78. The van der Waals surface area contributed by atoms with Crippen molar-refractivity contribution in [2.45, 2.75) is 19.0 Å². The third-order valence-electron chi connectivity index (χ3n) is 6.09. The summed E-state index contributed by atoms with van der Waals surface area (Å²) in [6.45, 7) is -0.509. The second kappa shape index (κ2) is 13.3. The van der Waals surface area contributed by atoms with Crippen molar-refractivity contribution >= 4 is 39.1 Å². The Morgan fingerprint density at radius 1 is 0.923 bits per heavy atom. The van der Waals surface area contributed by atoms with E-state index in [2.05, 4.69) is 5.32 Å². The number of halogens is 1. The summed E-state index contributed by atoms with van der Waals surface area (Å²) in [6, 6.07) is 19.9. The van der Waals surface area contributed by atoms with E-state index in [4.69, 9.17) is 21.1 Å². The number of carbonyl (C=O) groups excluding carboxylic acids is 2. The van der Waals surface area contributed by atoms with E-state index in [0.717, 1.165) is 16.1 Å². The van der Waals surface area contributed by atoms with E-state index < -0.39 is 28.5 Å². The highest BCUT2D eigenvalue weighted by atomic mass is 35.5. The number of hydrogen-bond acceptors (Lipinski definition) is 6. The zero-order valence-corrected chi connectivity index (χ0v) is 23.8. The van der Waals surface area contributed by atoms with E-state index in [-0.39, 0.29) is 24.6 Å². The average molecular weight is 574 g/mol. The van der Waals surface area contributed by atoms with Gasteiger partial charge in [-0.1, -0.05) is 54.1 Å². The molecule has 0 fully saturated rings. The number of amides is 2. The number of nitrogens with zero attached hydrogens (tertiary/aromatic N) is 2. The summed E-state index contributed by atoms with van der Waals surface area (Å²) in [4.78, 5) is 28.5. The molecule has 3 aromatic rings. The quantitative estimate of drug-likeness (QED) is 0.355. The van der Waals surface area contributed by atoms with Gasteiger partial charge in [-0.05, 0) is 35.4 Å². The predicted molar refractivity (Wildman–Crippen MR) is 152 cm³/mol. The van der Waals surface area contributed by atoms with Crippen LogP contribution in [0.3, 0.4) is 0 Å².